The lowest BCUT2D eigenvalue weighted by atomic mass is 10.3. The van der Waals surface area contributed by atoms with Gasteiger partial charge in [0.05, 0.1) is 5.25 Å². The minimum atomic E-state index is 0.701. The molecule has 3 heteroatoms. The van der Waals surface area contributed by atoms with Crippen molar-refractivity contribution in [2.24, 2.45) is 0 Å². The topological polar surface area (TPSA) is 12.0 Å². The van der Waals surface area contributed by atoms with Crippen LogP contribution in [0.2, 0.25) is 0 Å². The van der Waals surface area contributed by atoms with E-state index in [0.29, 0.717) is 5.25 Å². The summed E-state index contributed by atoms with van der Waals surface area (Å²) in [6.07, 6.45) is 1.31. The van der Waals surface area contributed by atoms with Crippen LogP contribution in [0.3, 0.4) is 0 Å². The first-order valence-electron chi connectivity index (χ1n) is 4.32. The van der Waals surface area contributed by atoms with Crippen LogP contribution < -0.4 is 5.32 Å². The van der Waals surface area contributed by atoms with E-state index in [1.165, 1.54) is 23.6 Å². The van der Waals surface area contributed by atoms with E-state index >= 15 is 0 Å². The van der Waals surface area contributed by atoms with Crippen molar-refractivity contribution in [1.82, 2.24) is 5.32 Å². The number of nitrogens with one attached hydrogen (secondary N) is 1. The third-order valence-electron chi connectivity index (χ3n) is 2.01. The maximum Gasteiger partial charge on any atom is 0.0515 e. The van der Waals surface area contributed by atoms with Crippen LogP contribution in [0.5, 0.6) is 0 Å². The van der Waals surface area contributed by atoms with E-state index in [9.17, 15) is 0 Å². The van der Waals surface area contributed by atoms with Crippen LogP contribution in [0.25, 0.3) is 0 Å². The van der Waals surface area contributed by atoms with E-state index in [1.807, 2.05) is 11.3 Å². The molecule has 1 aromatic rings. The number of hydrogen-bond donors (Lipinski definition) is 1. The van der Waals surface area contributed by atoms with E-state index in [1.54, 1.807) is 0 Å². The smallest absolute Gasteiger partial charge is 0.0515 e. The van der Waals surface area contributed by atoms with Crippen LogP contribution >= 0.6 is 23.1 Å². The second-order valence-electron chi connectivity index (χ2n) is 2.93. The normalized spacial score (nSPS) is 25.2. The van der Waals surface area contributed by atoms with E-state index in [2.05, 4.69) is 34.6 Å². The largest absolute Gasteiger partial charge is 0.315 e. The van der Waals surface area contributed by atoms with Gasteiger partial charge in [0, 0.05) is 11.4 Å². The van der Waals surface area contributed by atoms with Crippen molar-refractivity contribution < 1.29 is 0 Å². The van der Waals surface area contributed by atoms with Crippen molar-refractivity contribution in [2.45, 2.75) is 11.7 Å². The highest BCUT2D eigenvalue weighted by Crippen LogP contribution is 2.32. The lowest BCUT2D eigenvalue weighted by molar-refractivity contribution is 0.687. The molecule has 1 N–H and O–H groups in total. The van der Waals surface area contributed by atoms with Crippen LogP contribution in [0.15, 0.2) is 17.5 Å². The molecule has 1 aromatic heterocycles. The summed E-state index contributed by atoms with van der Waals surface area (Å²) in [5.41, 5.74) is 0. The second-order valence-corrected chi connectivity index (χ2v) is 5.22. The summed E-state index contributed by atoms with van der Waals surface area (Å²) in [6, 6.07) is 4.39. The fourth-order valence-electron chi connectivity index (χ4n) is 1.37. The molecule has 1 atom stereocenters. The van der Waals surface area contributed by atoms with Crippen molar-refractivity contribution in [2.75, 3.05) is 18.8 Å². The zero-order chi connectivity index (χ0) is 8.23. The monoisotopic (exact) mass is 199 g/mol. The number of thioether (sulfide) groups is 1. The van der Waals surface area contributed by atoms with Crippen molar-refractivity contribution in [3.05, 3.63) is 22.4 Å². The zero-order valence-electron chi connectivity index (χ0n) is 6.95. The van der Waals surface area contributed by atoms with Crippen LogP contribution in [0, 0.1) is 0 Å². The van der Waals surface area contributed by atoms with Gasteiger partial charge < -0.3 is 5.32 Å². The maximum absolute atomic E-state index is 3.47. The fraction of sp³-hybridized carbons (Fsp3) is 0.556. The molecule has 0 bridgehead atoms. The van der Waals surface area contributed by atoms with Crippen LogP contribution in [0.4, 0.5) is 0 Å². The minimum absolute atomic E-state index is 0.701. The highest BCUT2D eigenvalue weighted by Gasteiger charge is 2.14. The van der Waals surface area contributed by atoms with Gasteiger partial charge in [0.2, 0.25) is 0 Å². The number of rotatable bonds is 1. The Morgan fingerprint density at radius 3 is 3.33 bits per heavy atom. The quantitative estimate of drug-likeness (QED) is 0.746. The van der Waals surface area contributed by atoms with E-state index < -0.39 is 0 Å². The van der Waals surface area contributed by atoms with Gasteiger partial charge in [-0.2, -0.15) is 11.8 Å². The Morgan fingerprint density at radius 2 is 2.50 bits per heavy atom. The Kier molecular flexibility index (Phi) is 3.08. The summed E-state index contributed by atoms with van der Waals surface area (Å²) < 4.78 is 0. The molecule has 0 aromatic carbocycles. The summed E-state index contributed by atoms with van der Waals surface area (Å²) >= 11 is 3.97. The SMILES string of the molecule is c1csc([C@@H]2CNCCCS2)c1. The van der Waals surface area contributed by atoms with E-state index in [-0.39, 0.29) is 0 Å². The standard InChI is InChI=1S/C9H13NS2/c1-3-8(11-5-1)9-7-10-4-2-6-12-9/h1,3,5,9-10H,2,4,6-7H2/t9-/m0/s1. The van der Waals surface area contributed by atoms with Crippen molar-refractivity contribution >= 4 is 23.1 Å². The zero-order valence-corrected chi connectivity index (χ0v) is 8.59. The van der Waals surface area contributed by atoms with Crippen LogP contribution in [0.1, 0.15) is 16.5 Å². The number of hydrogen-bond acceptors (Lipinski definition) is 3. The average Bonchev–Trinajstić information content (AvgIpc) is 2.48. The predicted molar refractivity (Wildman–Crippen MR) is 57.0 cm³/mol. The molecule has 0 saturated carbocycles. The van der Waals surface area contributed by atoms with Gasteiger partial charge in [0.15, 0.2) is 0 Å². The Labute approximate surface area is 81.6 Å². The van der Waals surface area contributed by atoms with Crippen molar-refractivity contribution in [3.8, 4) is 0 Å². The Morgan fingerprint density at radius 1 is 1.50 bits per heavy atom. The second kappa shape index (κ2) is 4.30. The van der Waals surface area contributed by atoms with Gasteiger partial charge in [-0.3, -0.25) is 0 Å². The van der Waals surface area contributed by atoms with Gasteiger partial charge in [0.25, 0.3) is 0 Å². The predicted octanol–water partition coefficient (Wildman–Crippen LogP) is 2.52. The summed E-state index contributed by atoms with van der Waals surface area (Å²) in [5.74, 6) is 1.30. The van der Waals surface area contributed by atoms with Crippen LogP contribution in [-0.4, -0.2) is 18.8 Å². The third kappa shape index (κ3) is 2.03. The molecule has 1 saturated heterocycles. The molecule has 12 heavy (non-hydrogen) atoms. The van der Waals surface area contributed by atoms with Gasteiger partial charge in [-0.15, -0.1) is 11.3 Å². The molecule has 1 nitrogen and oxygen atoms in total. The van der Waals surface area contributed by atoms with Crippen molar-refractivity contribution in [1.29, 1.82) is 0 Å². The molecule has 0 amide bonds. The Hall–Kier alpha value is 0.01000. The van der Waals surface area contributed by atoms with E-state index in [4.69, 9.17) is 0 Å². The summed E-state index contributed by atoms with van der Waals surface area (Å²) in [6.45, 7) is 2.33. The molecule has 2 rings (SSSR count). The molecule has 1 fully saturated rings. The molecule has 0 unspecified atom stereocenters. The third-order valence-corrected chi connectivity index (χ3v) is 4.49. The van der Waals surface area contributed by atoms with Gasteiger partial charge in [0.1, 0.15) is 0 Å². The number of thiophene rings is 1. The molecular formula is C9H13NS2. The van der Waals surface area contributed by atoms with Gasteiger partial charge in [-0.05, 0) is 30.2 Å². The van der Waals surface area contributed by atoms with Crippen molar-refractivity contribution in [3.63, 3.8) is 0 Å². The fourth-order valence-corrected chi connectivity index (χ4v) is 3.52. The van der Waals surface area contributed by atoms with Gasteiger partial charge >= 0.3 is 0 Å². The summed E-state index contributed by atoms with van der Waals surface area (Å²) in [7, 11) is 0. The summed E-state index contributed by atoms with van der Waals surface area (Å²) in [4.78, 5) is 1.52. The minimum Gasteiger partial charge on any atom is -0.315 e. The molecule has 0 aliphatic carbocycles. The molecule has 0 radical (unpaired) electrons. The first-order chi connectivity index (χ1) is 5.97. The first-order valence-corrected chi connectivity index (χ1v) is 6.25. The maximum atomic E-state index is 3.47. The summed E-state index contributed by atoms with van der Waals surface area (Å²) in [5, 5.41) is 6.34. The lowest BCUT2D eigenvalue weighted by Crippen LogP contribution is -2.17. The molecule has 66 valence electrons. The Balaban J connectivity index is 2.02. The molecule has 1 aliphatic rings. The molecular weight excluding hydrogens is 186 g/mol. The lowest BCUT2D eigenvalue weighted by Gasteiger charge is -2.10. The Bertz CT molecular complexity index is 212. The van der Waals surface area contributed by atoms with Gasteiger partial charge in [-0.25, -0.2) is 0 Å². The first kappa shape index (κ1) is 8.60. The average molecular weight is 199 g/mol. The van der Waals surface area contributed by atoms with Gasteiger partial charge in [-0.1, -0.05) is 6.07 Å². The van der Waals surface area contributed by atoms with Crippen LogP contribution in [-0.2, 0) is 0 Å². The molecule has 1 aliphatic heterocycles. The molecule has 2 heterocycles. The highest BCUT2D eigenvalue weighted by atomic mass is 32.2. The molecule has 0 spiro atoms. The van der Waals surface area contributed by atoms with E-state index in [0.717, 1.165) is 6.54 Å². The highest BCUT2D eigenvalue weighted by molar-refractivity contribution is 7.99.